The molecule has 0 fully saturated rings. The third kappa shape index (κ3) is 2.51. The van der Waals surface area contributed by atoms with Crippen molar-refractivity contribution in [2.45, 2.75) is 0 Å². The van der Waals surface area contributed by atoms with Gasteiger partial charge in [-0.05, 0) is 24.3 Å². The fourth-order valence-corrected chi connectivity index (χ4v) is 1.80. The van der Waals surface area contributed by atoms with E-state index >= 15 is 0 Å². The topological polar surface area (TPSA) is 53.6 Å². The van der Waals surface area contributed by atoms with E-state index in [-0.39, 0.29) is 12.4 Å². The number of terminal acetylenes is 1. The minimum Gasteiger partial charge on any atom is -0.346 e. The van der Waals surface area contributed by atoms with Crippen LogP contribution >= 0.6 is 12.4 Å². The highest BCUT2D eigenvalue weighted by atomic mass is 35.5. The second kappa shape index (κ2) is 5.42. The van der Waals surface area contributed by atoms with E-state index in [9.17, 15) is 0 Å². The lowest BCUT2D eigenvalue weighted by Crippen LogP contribution is -1.95. The van der Waals surface area contributed by atoms with Crippen molar-refractivity contribution in [2.24, 2.45) is 0 Å². The number of hydrogen-bond acceptors (Lipinski definition) is 3. The van der Waals surface area contributed by atoms with Crippen LogP contribution in [0.25, 0.3) is 11.0 Å². The van der Waals surface area contributed by atoms with Crippen LogP contribution in [0, 0.1) is 12.3 Å². The number of aromatic nitrogens is 3. The van der Waals surface area contributed by atoms with E-state index in [0.717, 1.165) is 28.1 Å². The van der Waals surface area contributed by atoms with Crippen LogP contribution in [-0.2, 0) is 0 Å². The summed E-state index contributed by atoms with van der Waals surface area (Å²) in [6.45, 7) is 0. The minimum absolute atomic E-state index is 0. The number of hydrogen-bond donors (Lipinski definition) is 2. The highest BCUT2D eigenvalue weighted by molar-refractivity contribution is 5.88. The zero-order valence-corrected chi connectivity index (χ0v) is 10.7. The average Bonchev–Trinajstić information content (AvgIpc) is 2.88. The number of benzene rings is 1. The van der Waals surface area contributed by atoms with Crippen molar-refractivity contribution in [1.82, 2.24) is 15.0 Å². The second-order valence-corrected chi connectivity index (χ2v) is 3.81. The summed E-state index contributed by atoms with van der Waals surface area (Å²) in [5.41, 5.74) is 2.55. The summed E-state index contributed by atoms with van der Waals surface area (Å²) in [4.78, 5) is 11.4. The van der Waals surface area contributed by atoms with Gasteiger partial charge in [-0.2, -0.15) is 0 Å². The third-order valence-electron chi connectivity index (χ3n) is 2.65. The van der Waals surface area contributed by atoms with Gasteiger partial charge in [-0.15, -0.1) is 18.8 Å². The Bertz CT molecular complexity index is 742. The molecule has 0 spiro atoms. The Labute approximate surface area is 116 Å². The predicted octanol–water partition coefficient (Wildman–Crippen LogP) is 3.10. The normalized spacial score (nSPS) is 9.63. The van der Waals surface area contributed by atoms with Gasteiger partial charge in [-0.1, -0.05) is 12.0 Å². The summed E-state index contributed by atoms with van der Waals surface area (Å²) in [5, 5.41) is 4.19. The summed E-state index contributed by atoms with van der Waals surface area (Å²) >= 11 is 0. The maximum absolute atomic E-state index is 5.38. The fourth-order valence-electron chi connectivity index (χ4n) is 1.80. The first-order valence-electron chi connectivity index (χ1n) is 5.48. The molecule has 3 rings (SSSR count). The zero-order valence-electron chi connectivity index (χ0n) is 9.92. The van der Waals surface area contributed by atoms with E-state index in [1.54, 1.807) is 0 Å². The van der Waals surface area contributed by atoms with E-state index in [1.807, 2.05) is 36.5 Å². The lowest BCUT2D eigenvalue weighted by atomic mass is 10.2. The van der Waals surface area contributed by atoms with Crippen molar-refractivity contribution in [3.8, 4) is 12.3 Å². The highest BCUT2D eigenvalue weighted by Crippen LogP contribution is 2.22. The van der Waals surface area contributed by atoms with E-state index in [4.69, 9.17) is 6.42 Å². The molecule has 2 heterocycles. The first-order valence-corrected chi connectivity index (χ1v) is 5.48. The summed E-state index contributed by atoms with van der Waals surface area (Å²) in [5.74, 6) is 3.37. The summed E-state index contributed by atoms with van der Waals surface area (Å²) in [6.07, 6.45) is 8.73. The Morgan fingerprint density at radius 2 is 2.11 bits per heavy atom. The van der Waals surface area contributed by atoms with E-state index < -0.39 is 0 Å². The summed E-state index contributed by atoms with van der Waals surface area (Å²) in [6, 6.07) is 9.58. The van der Waals surface area contributed by atoms with Crippen molar-refractivity contribution < 1.29 is 0 Å². The first kappa shape index (κ1) is 12.9. The molecule has 0 aliphatic carbocycles. The van der Waals surface area contributed by atoms with E-state index in [0.29, 0.717) is 0 Å². The monoisotopic (exact) mass is 270 g/mol. The molecule has 4 nitrogen and oxygen atoms in total. The van der Waals surface area contributed by atoms with Crippen molar-refractivity contribution in [3.05, 3.63) is 48.4 Å². The second-order valence-electron chi connectivity index (χ2n) is 3.81. The standard InChI is InChI=1S/C14H10N4.ClH/c1-2-10-4-3-5-11(8-10)18-14-12-6-7-15-13(12)16-9-17-14;/h1,3-9H,(H2,15,16,17,18);1H. The molecule has 0 atom stereocenters. The fraction of sp³-hybridized carbons (Fsp3) is 0. The molecule has 0 saturated carbocycles. The Morgan fingerprint density at radius 1 is 1.21 bits per heavy atom. The maximum Gasteiger partial charge on any atom is 0.143 e. The van der Waals surface area contributed by atoms with Gasteiger partial charge in [-0.25, -0.2) is 9.97 Å². The SMILES string of the molecule is C#Cc1cccc(Nc2ncnc3[nH]ccc23)c1.Cl. The zero-order chi connectivity index (χ0) is 12.4. The van der Waals surface area contributed by atoms with Gasteiger partial charge in [0.05, 0.1) is 5.39 Å². The molecule has 0 aliphatic heterocycles. The number of nitrogens with zero attached hydrogens (tertiary/aromatic N) is 2. The molecule has 19 heavy (non-hydrogen) atoms. The molecule has 2 N–H and O–H groups in total. The predicted molar refractivity (Wildman–Crippen MR) is 78.8 cm³/mol. The lowest BCUT2D eigenvalue weighted by Gasteiger charge is -2.06. The van der Waals surface area contributed by atoms with Gasteiger partial charge in [0.25, 0.3) is 0 Å². The summed E-state index contributed by atoms with van der Waals surface area (Å²) in [7, 11) is 0. The average molecular weight is 271 g/mol. The molecule has 1 aromatic carbocycles. The Kier molecular flexibility index (Phi) is 3.69. The first-order chi connectivity index (χ1) is 8.86. The molecule has 2 aromatic heterocycles. The lowest BCUT2D eigenvalue weighted by molar-refractivity contribution is 1.20. The van der Waals surface area contributed by atoms with Crippen LogP contribution in [0.3, 0.4) is 0 Å². The van der Waals surface area contributed by atoms with Gasteiger partial charge in [0.1, 0.15) is 17.8 Å². The molecule has 0 bridgehead atoms. The van der Waals surface area contributed by atoms with Gasteiger partial charge in [0.15, 0.2) is 0 Å². The van der Waals surface area contributed by atoms with Crippen LogP contribution in [-0.4, -0.2) is 15.0 Å². The van der Waals surface area contributed by atoms with Gasteiger partial charge in [-0.3, -0.25) is 0 Å². The van der Waals surface area contributed by atoms with Crippen LogP contribution in [0.2, 0.25) is 0 Å². The van der Waals surface area contributed by atoms with E-state index in [1.165, 1.54) is 6.33 Å². The quantitative estimate of drug-likeness (QED) is 0.704. The van der Waals surface area contributed by atoms with Gasteiger partial charge in [0.2, 0.25) is 0 Å². The molecule has 0 unspecified atom stereocenters. The molecular weight excluding hydrogens is 260 g/mol. The van der Waals surface area contributed by atoms with Crippen molar-refractivity contribution in [1.29, 1.82) is 0 Å². The number of H-pyrrole nitrogens is 1. The number of nitrogens with one attached hydrogen (secondary N) is 2. The Balaban J connectivity index is 0.00000133. The van der Waals surface area contributed by atoms with Gasteiger partial charge >= 0.3 is 0 Å². The molecular formula is C14H11ClN4. The molecule has 0 aliphatic rings. The highest BCUT2D eigenvalue weighted by Gasteiger charge is 2.04. The summed E-state index contributed by atoms with van der Waals surface area (Å²) < 4.78 is 0. The molecule has 94 valence electrons. The Hall–Kier alpha value is -2.51. The largest absolute Gasteiger partial charge is 0.346 e. The minimum atomic E-state index is 0. The van der Waals surface area contributed by atoms with Crippen LogP contribution in [0.4, 0.5) is 11.5 Å². The number of rotatable bonds is 2. The molecule has 0 radical (unpaired) electrons. The van der Waals surface area contributed by atoms with Crippen LogP contribution in [0.15, 0.2) is 42.9 Å². The molecule has 3 aromatic rings. The van der Waals surface area contributed by atoms with Crippen LogP contribution in [0.1, 0.15) is 5.56 Å². The Morgan fingerprint density at radius 3 is 2.95 bits per heavy atom. The number of halogens is 1. The van der Waals surface area contributed by atoms with Crippen molar-refractivity contribution in [3.63, 3.8) is 0 Å². The van der Waals surface area contributed by atoms with Gasteiger partial charge < -0.3 is 10.3 Å². The molecule has 0 amide bonds. The van der Waals surface area contributed by atoms with Crippen molar-refractivity contribution >= 4 is 34.9 Å². The van der Waals surface area contributed by atoms with Crippen molar-refractivity contribution in [2.75, 3.05) is 5.32 Å². The maximum atomic E-state index is 5.38. The smallest absolute Gasteiger partial charge is 0.143 e. The number of anilines is 2. The molecule has 5 heteroatoms. The third-order valence-corrected chi connectivity index (χ3v) is 2.65. The number of aromatic amines is 1. The number of fused-ring (bicyclic) bond motifs is 1. The van der Waals surface area contributed by atoms with Crippen LogP contribution < -0.4 is 5.32 Å². The molecule has 0 saturated heterocycles. The van der Waals surface area contributed by atoms with E-state index in [2.05, 4.69) is 26.2 Å². The van der Waals surface area contributed by atoms with Crippen LogP contribution in [0.5, 0.6) is 0 Å². The van der Waals surface area contributed by atoms with Gasteiger partial charge in [0, 0.05) is 17.4 Å².